The van der Waals surface area contributed by atoms with Gasteiger partial charge in [-0.15, -0.1) is 0 Å². The number of nitrogens with zero attached hydrogens (tertiary/aromatic N) is 1. The van der Waals surface area contributed by atoms with Gasteiger partial charge in [0.1, 0.15) is 5.76 Å². The summed E-state index contributed by atoms with van der Waals surface area (Å²) < 4.78 is 33.9. The van der Waals surface area contributed by atoms with Crippen LogP contribution in [0.15, 0.2) is 70.2 Å². The van der Waals surface area contributed by atoms with E-state index in [9.17, 15) is 8.42 Å². The fourth-order valence-electron chi connectivity index (χ4n) is 3.50. The zero-order valence-electron chi connectivity index (χ0n) is 17.2. The summed E-state index contributed by atoms with van der Waals surface area (Å²) in [7, 11) is -3.80. The Balaban J connectivity index is 1.56. The maximum Gasteiger partial charge on any atom is 0.261 e. The normalized spacial score (nSPS) is 13.7. The Kier molecular flexibility index (Phi) is 6.88. The second-order valence-corrected chi connectivity index (χ2v) is 9.90. The zero-order valence-corrected chi connectivity index (χ0v) is 19.6. The molecule has 0 bridgehead atoms. The van der Waals surface area contributed by atoms with Crippen LogP contribution >= 0.6 is 23.8 Å². The minimum atomic E-state index is -3.80. The molecule has 32 heavy (non-hydrogen) atoms. The van der Waals surface area contributed by atoms with Gasteiger partial charge in [0.2, 0.25) is 0 Å². The highest BCUT2D eigenvalue weighted by atomic mass is 35.5. The predicted molar refractivity (Wildman–Crippen MR) is 132 cm³/mol. The summed E-state index contributed by atoms with van der Waals surface area (Å²) in [6.07, 6.45) is 3.79. The molecule has 0 radical (unpaired) electrons. The van der Waals surface area contributed by atoms with E-state index in [0.29, 0.717) is 28.1 Å². The van der Waals surface area contributed by atoms with Gasteiger partial charge in [0, 0.05) is 23.8 Å². The minimum Gasteiger partial charge on any atom is -0.467 e. The lowest BCUT2D eigenvalue weighted by Crippen LogP contribution is -2.29. The Hall–Kier alpha value is -2.75. The molecule has 10 heteroatoms. The van der Waals surface area contributed by atoms with E-state index in [-0.39, 0.29) is 4.90 Å². The molecule has 4 rings (SSSR count). The SMILES string of the molecule is O=S(=O)(Nc1ccc(Cl)cc1)c1ccc(N2CCCC2)c(NC(=S)NCc2ccco2)c1. The molecule has 1 saturated heterocycles. The minimum absolute atomic E-state index is 0.131. The van der Waals surface area contributed by atoms with E-state index >= 15 is 0 Å². The van der Waals surface area contributed by atoms with Crippen molar-refractivity contribution in [2.24, 2.45) is 0 Å². The fourth-order valence-corrected chi connectivity index (χ4v) is 4.89. The van der Waals surface area contributed by atoms with Crippen LogP contribution in [0.5, 0.6) is 0 Å². The van der Waals surface area contributed by atoms with Crippen molar-refractivity contribution in [3.8, 4) is 0 Å². The number of hydrogen-bond acceptors (Lipinski definition) is 5. The number of sulfonamides is 1. The first-order valence-corrected chi connectivity index (χ1v) is 12.4. The van der Waals surface area contributed by atoms with Crippen LogP contribution in [0.1, 0.15) is 18.6 Å². The van der Waals surface area contributed by atoms with Crippen LogP contribution in [0.25, 0.3) is 0 Å². The molecular formula is C22H23ClN4O3S2. The number of benzene rings is 2. The molecule has 2 aromatic carbocycles. The summed E-state index contributed by atoms with van der Waals surface area (Å²) in [4.78, 5) is 2.35. The summed E-state index contributed by atoms with van der Waals surface area (Å²) in [5, 5.41) is 7.16. The van der Waals surface area contributed by atoms with Crippen LogP contribution in [-0.2, 0) is 16.6 Å². The van der Waals surface area contributed by atoms with Crippen molar-refractivity contribution in [1.82, 2.24) is 5.32 Å². The second kappa shape index (κ2) is 9.81. The highest BCUT2D eigenvalue weighted by Gasteiger charge is 2.21. The number of furan rings is 1. The van der Waals surface area contributed by atoms with Crippen molar-refractivity contribution in [2.45, 2.75) is 24.3 Å². The van der Waals surface area contributed by atoms with Gasteiger partial charge in [-0.25, -0.2) is 8.42 Å². The molecule has 1 aromatic heterocycles. The van der Waals surface area contributed by atoms with Crippen molar-refractivity contribution in [3.63, 3.8) is 0 Å². The number of hydrogen-bond donors (Lipinski definition) is 3. The summed E-state index contributed by atoms with van der Waals surface area (Å²) in [6, 6.07) is 15.2. The number of rotatable bonds is 7. The number of halogens is 1. The van der Waals surface area contributed by atoms with Crippen LogP contribution in [-0.4, -0.2) is 26.6 Å². The van der Waals surface area contributed by atoms with Crippen LogP contribution in [0.2, 0.25) is 5.02 Å². The number of anilines is 3. The highest BCUT2D eigenvalue weighted by molar-refractivity contribution is 7.92. The summed E-state index contributed by atoms with van der Waals surface area (Å²) >= 11 is 11.3. The average Bonchev–Trinajstić information content (AvgIpc) is 3.48. The van der Waals surface area contributed by atoms with Crippen molar-refractivity contribution in [1.29, 1.82) is 0 Å². The van der Waals surface area contributed by atoms with Gasteiger partial charge in [0.15, 0.2) is 5.11 Å². The molecule has 0 spiro atoms. The smallest absolute Gasteiger partial charge is 0.261 e. The quantitative estimate of drug-likeness (QED) is 0.409. The van der Waals surface area contributed by atoms with Gasteiger partial charge < -0.3 is 20.0 Å². The topological polar surface area (TPSA) is 86.6 Å². The fraction of sp³-hybridized carbons (Fsp3) is 0.227. The van der Waals surface area contributed by atoms with Gasteiger partial charge >= 0.3 is 0 Å². The molecule has 1 aliphatic rings. The van der Waals surface area contributed by atoms with Gasteiger partial charge in [0.05, 0.1) is 29.1 Å². The van der Waals surface area contributed by atoms with E-state index in [1.165, 1.54) is 0 Å². The Morgan fingerprint density at radius 1 is 1.09 bits per heavy atom. The first kappa shape index (κ1) is 22.4. The molecule has 3 aromatic rings. The lowest BCUT2D eigenvalue weighted by atomic mass is 10.2. The third-order valence-corrected chi connectivity index (χ3v) is 6.95. The predicted octanol–water partition coefficient (Wildman–Crippen LogP) is 4.82. The molecular weight excluding hydrogens is 468 g/mol. The van der Waals surface area contributed by atoms with Crippen LogP contribution in [0.4, 0.5) is 17.1 Å². The molecule has 0 unspecified atom stereocenters. The first-order valence-electron chi connectivity index (χ1n) is 10.2. The maximum atomic E-state index is 13.0. The van der Waals surface area contributed by atoms with Gasteiger partial charge in [-0.1, -0.05) is 11.6 Å². The number of nitrogens with one attached hydrogen (secondary N) is 3. The van der Waals surface area contributed by atoms with Crippen molar-refractivity contribution in [3.05, 3.63) is 71.6 Å². The maximum absolute atomic E-state index is 13.0. The van der Waals surface area contributed by atoms with Crippen LogP contribution in [0.3, 0.4) is 0 Å². The Morgan fingerprint density at radius 2 is 1.84 bits per heavy atom. The van der Waals surface area contributed by atoms with E-state index in [0.717, 1.165) is 37.4 Å². The van der Waals surface area contributed by atoms with Gasteiger partial charge in [0.25, 0.3) is 10.0 Å². The largest absolute Gasteiger partial charge is 0.467 e. The summed E-state index contributed by atoms with van der Waals surface area (Å²) in [5.41, 5.74) is 1.97. The molecule has 7 nitrogen and oxygen atoms in total. The van der Waals surface area contributed by atoms with E-state index in [1.807, 2.05) is 12.1 Å². The summed E-state index contributed by atoms with van der Waals surface area (Å²) in [6.45, 7) is 2.25. The third-order valence-electron chi connectivity index (χ3n) is 5.07. The van der Waals surface area contributed by atoms with Crippen molar-refractivity contribution >= 4 is 56.0 Å². The van der Waals surface area contributed by atoms with Crippen LogP contribution < -0.4 is 20.3 Å². The van der Waals surface area contributed by atoms with E-state index in [1.54, 1.807) is 48.7 Å². The average molecular weight is 491 g/mol. The van der Waals surface area contributed by atoms with Gasteiger partial charge in [-0.2, -0.15) is 0 Å². The Bertz CT molecular complexity index is 1180. The molecule has 0 atom stereocenters. The molecule has 2 heterocycles. The van der Waals surface area contributed by atoms with Crippen LogP contribution in [0, 0.1) is 0 Å². The lowest BCUT2D eigenvalue weighted by molar-refractivity contribution is 0.503. The third kappa shape index (κ3) is 5.53. The van der Waals surface area contributed by atoms with Gasteiger partial charge in [-0.05, 0) is 79.7 Å². The molecule has 1 aliphatic heterocycles. The van der Waals surface area contributed by atoms with Crippen molar-refractivity contribution < 1.29 is 12.8 Å². The molecule has 0 aliphatic carbocycles. The standard InChI is InChI=1S/C22H23ClN4O3S2/c23-16-5-7-17(8-6-16)26-32(28,29)19-9-10-21(27-11-1-2-12-27)20(14-19)25-22(31)24-15-18-4-3-13-30-18/h3-10,13-14,26H,1-2,11-12,15H2,(H2,24,25,31). The zero-order chi connectivity index (χ0) is 22.6. The van der Waals surface area contributed by atoms with E-state index < -0.39 is 10.0 Å². The van der Waals surface area contributed by atoms with Gasteiger partial charge in [-0.3, -0.25) is 4.72 Å². The molecule has 3 N–H and O–H groups in total. The molecule has 0 amide bonds. The lowest BCUT2D eigenvalue weighted by Gasteiger charge is -2.23. The molecule has 0 saturated carbocycles. The Labute approximate surface area is 197 Å². The molecule has 1 fully saturated rings. The first-order chi connectivity index (χ1) is 15.4. The summed E-state index contributed by atoms with van der Waals surface area (Å²) in [5.74, 6) is 0.748. The molecule has 168 valence electrons. The van der Waals surface area contributed by atoms with E-state index in [2.05, 4.69) is 20.3 Å². The Morgan fingerprint density at radius 3 is 2.53 bits per heavy atom. The highest BCUT2D eigenvalue weighted by Crippen LogP contribution is 2.32. The monoisotopic (exact) mass is 490 g/mol. The second-order valence-electron chi connectivity index (χ2n) is 7.37. The van der Waals surface area contributed by atoms with E-state index in [4.69, 9.17) is 28.2 Å². The van der Waals surface area contributed by atoms with Crippen molar-refractivity contribution in [2.75, 3.05) is 28.0 Å². The number of thiocarbonyl (C=S) groups is 1.